The molecule has 0 saturated carbocycles. The van der Waals surface area contributed by atoms with Crippen molar-refractivity contribution >= 4 is 5.82 Å². The van der Waals surface area contributed by atoms with E-state index in [0.29, 0.717) is 18.8 Å². The van der Waals surface area contributed by atoms with Crippen molar-refractivity contribution in [2.24, 2.45) is 0 Å². The number of aromatic nitrogens is 2. The monoisotopic (exact) mass is 245 g/mol. The van der Waals surface area contributed by atoms with E-state index in [4.69, 9.17) is 0 Å². The highest BCUT2D eigenvalue weighted by molar-refractivity contribution is 5.59. The number of aliphatic hydroxyl groups is 1. The number of benzene rings is 1. The zero-order valence-corrected chi connectivity index (χ0v) is 9.62. The summed E-state index contributed by atoms with van der Waals surface area (Å²) < 4.78 is 12.8. The molecular weight excluding hydrogens is 233 g/mol. The molecule has 0 aliphatic carbocycles. The summed E-state index contributed by atoms with van der Waals surface area (Å²) in [6.07, 6.45) is -0.261. The van der Waals surface area contributed by atoms with Crippen molar-refractivity contribution in [2.75, 3.05) is 18.0 Å². The molecule has 1 aromatic carbocycles. The summed E-state index contributed by atoms with van der Waals surface area (Å²) >= 11 is 0. The van der Waals surface area contributed by atoms with Crippen LogP contribution in [-0.4, -0.2) is 34.5 Å². The van der Waals surface area contributed by atoms with Gasteiger partial charge in [0.05, 0.1) is 11.8 Å². The number of rotatable bonds is 2. The Kier molecular flexibility index (Phi) is 2.68. The molecule has 92 valence electrons. The number of hydrogen-bond acceptors (Lipinski definition) is 4. The van der Waals surface area contributed by atoms with Gasteiger partial charge in [0, 0.05) is 18.7 Å². The molecule has 0 amide bonds. The Bertz CT molecular complexity index is 535. The zero-order valence-electron chi connectivity index (χ0n) is 9.62. The van der Waals surface area contributed by atoms with Gasteiger partial charge in [0.1, 0.15) is 5.82 Å². The fourth-order valence-corrected chi connectivity index (χ4v) is 1.91. The van der Waals surface area contributed by atoms with Gasteiger partial charge >= 0.3 is 0 Å². The Morgan fingerprint density at radius 3 is 2.33 bits per heavy atom. The summed E-state index contributed by atoms with van der Waals surface area (Å²) in [4.78, 5) is 1.95. The SMILES string of the molecule is OC1CN(c2ccc(-c3ccc(F)cc3)nn2)C1. The second-order valence-corrected chi connectivity index (χ2v) is 4.34. The first-order valence-corrected chi connectivity index (χ1v) is 5.75. The Balaban J connectivity index is 1.80. The molecular formula is C13H12FN3O. The fourth-order valence-electron chi connectivity index (χ4n) is 1.91. The lowest BCUT2D eigenvalue weighted by molar-refractivity contribution is 0.141. The molecule has 0 atom stereocenters. The number of β-amino-alcohol motifs (C(OH)–C–C–N with tert-alkyl or cyclic N) is 1. The van der Waals surface area contributed by atoms with E-state index in [1.807, 2.05) is 17.0 Å². The van der Waals surface area contributed by atoms with Gasteiger partial charge in [-0.3, -0.25) is 0 Å². The lowest BCUT2D eigenvalue weighted by Crippen LogP contribution is -2.51. The van der Waals surface area contributed by atoms with E-state index >= 15 is 0 Å². The fraction of sp³-hybridized carbons (Fsp3) is 0.231. The lowest BCUT2D eigenvalue weighted by atomic mass is 10.1. The summed E-state index contributed by atoms with van der Waals surface area (Å²) in [5.41, 5.74) is 1.54. The van der Waals surface area contributed by atoms with Crippen LogP contribution in [0.15, 0.2) is 36.4 Å². The molecule has 0 spiro atoms. The van der Waals surface area contributed by atoms with Gasteiger partial charge in [-0.25, -0.2) is 4.39 Å². The maximum absolute atomic E-state index is 12.8. The van der Waals surface area contributed by atoms with Gasteiger partial charge in [0.2, 0.25) is 0 Å². The first-order chi connectivity index (χ1) is 8.72. The van der Waals surface area contributed by atoms with Crippen LogP contribution in [-0.2, 0) is 0 Å². The van der Waals surface area contributed by atoms with Crippen LogP contribution < -0.4 is 4.90 Å². The van der Waals surface area contributed by atoms with Crippen LogP contribution in [0.1, 0.15) is 0 Å². The highest BCUT2D eigenvalue weighted by atomic mass is 19.1. The quantitative estimate of drug-likeness (QED) is 0.870. The molecule has 5 heteroatoms. The molecule has 4 nitrogen and oxygen atoms in total. The van der Waals surface area contributed by atoms with Crippen LogP contribution >= 0.6 is 0 Å². The average Bonchev–Trinajstić information content (AvgIpc) is 2.36. The zero-order chi connectivity index (χ0) is 12.5. The van der Waals surface area contributed by atoms with Gasteiger partial charge in [-0.15, -0.1) is 10.2 Å². The van der Waals surface area contributed by atoms with E-state index in [9.17, 15) is 9.50 Å². The van der Waals surface area contributed by atoms with E-state index in [-0.39, 0.29) is 11.9 Å². The van der Waals surface area contributed by atoms with Gasteiger partial charge in [-0.1, -0.05) is 0 Å². The smallest absolute Gasteiger partial charge is 0.151 e. The van der Waals surface area contributed by atoms with Crippen molar-refractivity contribution in [3.8, 4) is 11.3 Å². The van der Waals surface area contributed by atoms with Crippen LogP contribution in [0.5, 0.6) is 0 Å². The number of nitrogens with zero attached hydrogens (tertiary/aromatic N) is 3. The van der Waals surface area contributed by atoms with E-state index in [2.05, 4.69) is 10.2 Å². The number of anilines is 1. The molecule has 1 fully saturated rings. The first-order valence-electron chi connectivity index (χ1n) is 5.75. The standard InChI is InChI=1S/C13H12FN3O/c14-10-3-1-9(2-4-10)12-5-6-13(16-15-12)17-7-11(18)8-17/h1-6,11,18H,7-8H2. The summed E-state index contributed by atoms with van der Waals surface area (Å²) in [6, 6.07) is 9.85. The molecule has 2 heterocycles. The summed E-state index contributed by atoms with van der Waals surface area (Å²) in [6.45, 7) is 1.20. The van der Waals surface area contributed by atoms with Gasteiger partial charge in [-0.05, 0) is 36.4 Å². The summed E-state index contributed by atoms with van der Waals surface area (Å²) in [5.74, 6) is 0.490. The third kappa shape index (κ3) is 2.04. The average molecular weight is 245 g/mol. The predicted molar refractivity (Wildman–Crippen MR) is 65.6 cm³/mol. The molecule has 0 unspecified atom stereocenters. The van der Waals surface area contributed by atoms with Crippen LogP contribution in [0.4, 0.5) is 10.2 Å². The number of hydrogen-bond donors (Lipinski definition) is 1. The topological polar surface area (TPSA) is 49.2 Å². The van der Waals surface area contributed by atoms with Gasteiger partial charge in [-0.2, -0.15) is 0 Å². The van der Waals surface area contributed by atoms with Crippen molar-refractivity contribution in [2.45, 2.75) is 6.10 Å². The van der Waals surface area contributed by atoms with E-state index in [0.717, 1.165) is 11.4 Å². The van der Waals surface area contributed by atoms with Crippen LogP contribution in [0.2, 0.25) is 0 Å². The third-order valence-corrected chi connectivity index (χ3v) is 2.98. The molecule has 3 rings (SSSR count). The van der Waals surface area contributed by atoms with E-state index in [1.165, 1.54) is 12.1 Å². The summed E-state index contributed by atoms with van der Waals surface area (Å²) in [5, 5.41) is 17.4. The van der Waals surface area contributed by atoms with Crippen LogP contribution in [0.25, 0.3) is 11.3 Å². The van der Waals surface area contributed by atoms with Gasteiger partial charge in [0.25, 0.3) is 0 Å². The lowest BCUT2D eigenvalue weighted by Gasteiger charge is -2.36. The molecule has 1 aromatic heterocycles. The van der Waals surface area contributed by atoms with E-state index in [1.54, 1.807) is 12.1 Å². The van der Waals surface area contributed by atoms with Gasteiger partial charge in [0.15, 0.2) is 5.82 Å². The number of halogens is 1. The van der Waals surface area contributed by atoms with Crippen molar-refractivity contribution in [3.63, 3.8) is 0 Å². The highest BCUT2D eigenvalue weighted by Crippen LogP contribution is 2.21. The Morgan fingerprint density at radius 2 is 1.78 bits per heavy atom. The van der Waals surface area contributed by atoms with Gasteiger partial charge < -0.3 is 10.0 Å². The first kappa shape index (κ1) is 11.1. The third-order valence-electron chi connectivity index (χ3n) is 2.98. The van der Waals surface area contributed by atoms with Crippen molar-refractivity contribution in [1.29, 1.82) is 0 Å². The maximum Gasteiger partial charge on any atom is 0.151 e. The molecule has 0 radical (unpaired) electrons. The van der Waals surface area contributed by atoms with Crippen molar-refractivity contribution < 1.29 is 9.50 Å². The molecule has 1 saturated heterocycles. The minimum absolute atomic E-state index is 0.261. The Morgan fingerprint density at radius 1 is 1.06 bits per heavy atom. The minimum Gasteiger partial charge on any atom is -0.389 e. The molecule has 1 aliphatic heterocycles. The molecule has 1 N–H and O–H groups in total. The highest BCUT2D eigenvalue weighted by Gasteiger charge is 2.25. The van der Waals surface area contributed by atoms with E-state index < -0.39 is 0 Å². The molecule has 18 heavy (non-hydrogen) atoms. The second kappa shape index (κ2) is 4.34. The largest absolute Gasteiger partial charge is 0.389 e. The minimum atomic E-state index is -0.266. The molecule has 0 bridgehead atoms. The van der Waals surface area contributed by atoms with Crippen LogP contribution in [0.3, 0.4) is 0 Å². The normalized spacial score (nSPS) is 15.6. The maximum atomic E-state index is 12.8. The summed E-state index contributed by atoms with van der Waals surface area (Å²) in [7, 11) is 0. The number of aliphatic hydroxyl groups excluding tert-OH is 1. The predicted octanol–water partition coefficient (Wildman–Crippen LogP) is 1.46. The van der Waals surface area contributed by atoms with Crippen molar-refractivity contribution in [3.05, 3.63) is 42.2 Å². The molecule has 1 aliphatic rings. The Labute approximate surface area is 104 Å². The second-order valence-electron chi connectivity index (χ2n) is 4.34. The van der Waals surface area contributed by atoms with Crippen LogP contribution in [0, 0.1) is 5.82 Å². The molecule has 2 aromatic rings. The van der Waals surface area contributed by atoms with Crippen molar-refractivity contribution in [1.82, 2.24) is 10.2 Å². The Hall–Kier alpha value is -2.01.